The first kappa shape index (κ1) is 12.8. The van der Waals surface area contributed by atoms with Crippen molar-refractivity contribution in [1.82, 2.24) is 5.32 Å². The van der Waals surface area contributed by atoms with Gasteiger partial charge >= 0.3 is 0 Å². The van der Waals surface area contributed by atoms with Crippen molar-refractivity contribution < 1.29 is 9.32 Å². The molecule has 0 saturated heterocycles. The maximum atomic E-state index is 11.8. The van der Waals surface area contributed by atoms with E-state index >= 15 is 0 Å². The molecule has 2 atom stereocenters. The van der Waals surface area contributed by atoms with Gasteiger partial charge in [0.1, 0.15) is 0 Å². The van der Waals surface area contributed by atoms with Crippen molar-refractivity contribution in [2.24, 2.45) is 0 Å². The molecule has 1 aromatic carbocycles. The third-order valence-corrected chi connectivity index (χ3v) is 4.35. The Kier molecular flexibility index (Phi) is 5.45. The quantitative estimate of drug-likeness (QED) is 0.855. The Hall–Kier alpha value is -0.230. The van der Waals surface area contributed by atoms with Crippen LogP contribution in [0.4, 0.5) is 0 Å². The van der Waals surface area contributed by atoms with Crippen LogP contribution in [0.25, 0.3) is 0 Å². The molecule has 2 N–H and O–H groups in total. The molecule has 0 amide bonds. The molecular weight excluding hydrogens is 278 g/mol. The van der Waals surface area contributed by atoms with E-state index in [1.165, 1.54) is 0 Å². The Morgan fingerprint density at radius 1 is 1.53 bits per heavy atom. The van der Waals surface area contributed by atoms with Crippen LogP contribution in [0.3, 0.4) is 0 Å². The van der Waals surface area contributed by atoms with E-state index in [-0.39, 0.29) is 5.75 Å². The minimum atomic E-state index is -1.16. The fourth-order valence-corrected chi connectivity index (χ4v) is 3.18. The zero-order valence-corrected chi connectivity index (χ0v) is 10.8. The summed E-state index contributed by atoms with van der Waals surface area (Å²) in [5, 5.41) is 12.3. The first-order valence-corrected chi connectivity index (χ1v) is 6.72. The Labute approximate surface area is 100 Å². The van der Waals surface area contributed by atoms with E-state index < -0.39 is 16.9 Å². The summed E-state index contributed by atoms with van der Waals surface area (Å²) in [4.78, 5) is 0.729. The molecule has 2 unspecified atom stereocenters. The lowest BCUT2D eigenvalue weighted by molar-refractivity contribution is 0.198. The molecule has 0 saturated carbocycles. The summed E-state index contributed by atoms with van der Waals surface area (Å²) >= 11 is 3.34. The van der Waals surface area contributed by atoms with Gasteiger partial charge in [-0.15, -0.1) is 0 Å². The van der Waals surface area contributed by atoms with Crippen molar-refractivity contribution in [3.05, 3.63) is 28.7 Å². The van der Waals surface area contributed by atoms with E-state index in [9.17, 15) is 9.32 Å². The van der Waals surface area contributed by atoms with Crippen molar-refractivity contribution in [2.45, 2.75) is 11.0 Å². The molecular formula is C10H14BrNO2S. The smallest absolute Gasteiger partial charge is 0.0783 e. The normalized spacial score (nSPS) is 14.9. The monoisotopic (exact) mass is 291 g/mol. The zero-order chi connectivity index (χ0) is 11.3. The van der Waals surface area contributed by atoms with Gasteiger partial charge in [-0.1, -0.05) is 12.1 Å². The second kappa shape index (κ2) is 6.37. The average Bonchev–Trinajstić information content (AvgIpc) is 2.18. The first-order valence-electron chi connectivity index (χ1n) is 4.60. The second-order valence-electron chi connectivity index (χ2n) is 3.15. The van der Waals surface area contributed by atoms with Crippen molar-refractivity contribution in [1.29, 1.82) is 0 Å². The van der Waals surface area contributed by atoms with Crippen LogP contribution < -0.4 is 5.32 Å². The number of hydrogen-bond acceptors (Lipinski definition) is 3. The predicted molar refractivity (Wildman–Crippen MR) is 65.4 cm³/mol. The summed E-state index contributed by atoms with van der Waals surface area (Å²) in [7, 11) is 0.591. The van der Waals surface area contributed by atoms with Gasteiger partial charge in [-0.25, -0.2) is 0 Å². The van der Waals surface area contributed by atoms with Crippen molar-refractivity contribution in [2.75, 3.05) is 19.3 Å². The molecule has 5 heteroatoms. The van der Waals surface area contributed by atoms with Gasteiger partial charge in [0, 0.05) is 11.0 Å². The van der Waals surface area contributed by atoms with Gasteiger partial charge in [0.15, 0.2) is 0 Å². The lowest BCUT2D eigenvalue weighted by Crippen LogP contribution is -2.28. The molecule has 3 nitrogen and oxygen atoms in total. The van der Waals surface area contributed by atoms with Gasteiger partial charge in [-0.2, -0.15) is 0 Å². The lowest BCUT2D eigenvalue weighted by atomic mass is 10.4. The molecule has 0 bridgehead atoms. The summed E-state index contributed by atoms with van der Waals surface area (Å²) in [6, 6.07) is 7.35. The van der Waals surface area contributed by atoms with E-state index in [1.807, 2.05) is 18.2 Å². The summed E-state index contributed by atoms with van der Waals surface area (Å²) in [5.74, 6) is 0.253. The fourth-order valence-electron chi connectivity index (χ4n) is 1.19. The molecule has 84 valence electrons. The maximum Gasteiger partial charge on any atom is 0.0783 e. The second-order valence-corrected chi connectivity index (χ2v) is 5.47. The fraction of sp³-hybridized carbons (Fsp3) is 0.400. The van der Waals surface area contributed by atoms with Gasteiger partial charge in [-0.3, -0.25) is 4.21 Å². The van der Waals surface area contributed by atoms with Crippen molar-refractivity contribution >= 4 is 26.7 Å². The highest BCUT2D eigenvalue weighted by Gasteiger charge is 2.12. The van der Waals surface area contributed by atoms with E-state index in [1.54, 1.807) is 13.1 Å². The van der Waals surface area contributed by atoms with Gasteiger partial charge in [0.25, 0.3) is 0 Å². The molecule has 0 heterocycles. The van der Waals surface area contributed by atoms with E-state index in [2.05, 4.69) is 21.2 Å². The van der Waals surface area contributed by atoms with Crippen LogP contribution in [0.5, 0.6) is 0 Å². The Balaban J connectivity index is 2.65. The molecule has 0 aliphatic heterocycles. The molecule has 0 aliphatic rings. The Morgan fingerprint density at radius 2 is 2.20 bits per heavy atom. The van der Waals surface area contributed by atoms with Gasteiger partial charge in [-0.05, 0) is 35.1 Å². The standard InChI is InChI=1S/C10H14BrNO2S/c1-12-6-8(13)7-15(14)10-5-3-2-4-9(10)11/h2-5,8,12-13H,6-7H2,1H3. The number of benzene rings is 1. The zero-order valence-electron chi connectivity index (χ0n) is 8.44. The minimum absolute atomic E-state index is 0.253. The van der Waals surface area contributed by atoms with Crippen LogP contribution in [0, 0.1) is 0 Å². The van der Waals surface area contributed by atoms with Gasteiger partial charge in [0.05, 0.1) is 27.6 Å². The predicted octanol–water partition coefficient (Wildman–Crippen LogP) is 1.14. The molecule has 0 fully saturated rings. The molecule has 0 aromatic heterocycles. The molecule has 15 heavy (non-hydrogen) atoms. The van der Waals surface area contributed by atoms with Crippen LogP contribution in [0.2, 0.25) is 0 Å². The van der Waals surface area contributed by atoms with Crippen molar-refractivity contribution in [3.63, 3.8) is 0 Å². The topological polar surface area (TPSA) is 49.3 Å². The van der Waals surface area contributed by atoms with Crippen LogP contribution in [-0.4, -0.2) is 34.8 Å². The number of halogens is 1. The maximum absolute atomic E-state index is 11.8. The van der Waals surface area contributed by atoms with E-state index in [0.29, 0.717) is 6.54 Å². The van der Waals surface area contributed by atoms with Crippen molar-refractivity contribution in [3.8, 4) is 0 Å². The number of hydrogen-bond donors (Lipinski definition) is 2. The molecule has 1 aromatic rings. The first-order chi connectivity index (χ1) is 7.15. The average molecular weight is 292 g/mol. The Bertz CT molecular complexity index is 346. The highest BCUT2D eigenvalue weighted by Crippen LogP contribution is 2.19. The molecule has 0 aliphatic carbocycles. The van der Waals surface area contributed by atoms with Crippen LogP contribution >= 0.6 is 15.9 Å². The largest absolute Gasteiger partial charge is 0.391 e. The van der Waals surface area contributed by atoms with Crippen LogP contribution in [0.15, 0.2) is 33.6 Å². The van der Waals surface area contributed by atoms with E-state index in [4.69, 9.17) is 0 Å². The molecule has 0 spiro atoms. The van der Waals surface area contributed by atoms with Gasteiger partial charge < -0.3 is 10.4 Å². The number of rotatable bonds is 5. The van der Waals surface area contributed by atoms with E-state index in [0.717, 1.165) is 9.37 Å². The number of aliphatic hydroxyl groups is 1. The Morgan fingerprint density at radius 3 is 2.80 bits per heavy atom. The lowest BCUT2D eigenvalue weighted by Gasteiger charge is -2.10. The number of nitrogens with one attached hydrogen (secondary N) is 1. The third kappa shape index (κ3) is 4.03. The summed E-state index contributed by atoms with van der Waals surface area (Å²) in [6.45, 7) is 0.455. The third-order valence-electron chi connectivity index (χ3n) is 1.87. The molecule has 0 radical (unpaired) electrons. The summed E-state index contributed by atoms with van der Waals surface area (Å²) in [5.41, 5.74) is 0. The SMILES string of the molecule is CNCC(O)CS(=O)c1ccccc1Br. The number of aliphatic hydroxyl groups excluding tert-OH is 1. The van der Waals surface area contributed by atoms with Gasteiger partial charge in [0.2, 0.25) is 0 Å². The summed E-state index contributed by atoms with van der Waals surface area (Å²) < 4.78 is 12.7. The summed E-state index contributed by atoms with van der Waals surface area (Å²) in [6.07, 6.45) is -0.581. The highest BCUT2D eigenvalue weighted by atomic mass is 79.9. The minimum Gasteiger partial charge on any atom is -0.391 e. The number of likely N-dealkylation sites (N-methyl/N-ethyl adjacent to an activating group) is 1. The van der Waals surface area contributed by atoms with Crippen LogP contribution in [0.1, 0.15) is 0 Å². The molecule has 1 rings (SSSR count). The van der Waals surface area contributed by atoms with Crippen LogP contribution in [-0.2, 0) is 10.8 Å². The highest BCUT2D eigenvalue weighted by molar-refractivity contribution is 9.10.